The summed E-state index contributed by atoms with van der Waals surface area (Å²) >= 11 is 0. The van der Waals surface area contributed by atoms with E-state index in [2.05, 4.69) is 5.32 Å². The number of rotatable bonds is 5. The molecular formula is C14H21NO3. The number of aliphatic hydroxyl groups excluding tert-OH is 1. The van der Waals surface area contributed by atoms with Gasteiger partial charge >= 0.3 is 0 Å². The van der Waals surface area contributed by atoms with Crippen molar-refractivity contribution in [3.05, 3.63) is 29.3 Å². The van der Waals surface area contributed by atoms with Crippen molar-refractivity contribution in [2.24, 2.45) is 0 Å². The molecule has 0 fully saturated rings. The van der Waals surface area contributed by atoms with E-state index in [0.29, 0.717) is 5.75 Å². The predicted molar refractivity (Wildman–Crippen MR) is 70.7 cm³/mol. The Hall–Kier alpha value is -1.55. The van der Waals surface area contributed by atoms with Gasteiger partial charge in [0.05, 0.1) is 12.1 Å². The summed E-state index contributed by atoms with van der Waals surface area (Å²) in [5, 5.41) is 11.7. The molecule has 0 saturated heterocycles. The van der Waals surface area contributed by atoms with Crippen LogP contribution >= 0.6 is 0 Å². The van der Waals surface area contributed by atoms with Crippen molar-refractivity contribution in [3.63, 3.8) is 0 Å². The SMILES string of the molecule is Cc1cc(C)cc(OCC(=O)NC(C)(C)CO)c1. The van der Waals surface area contributed by atoms with Crippen LogP contribution in [-0.2, 0) is 4.79 Å². The second kappa shape index (κ2) is 5.87. The zero-order chi connectivity index (χ0) is 13.8. The maximum atomic E-state index is 11.6. The van der Waals surface area contributed by atoms with E-state index in [4.69, 9.17) is 9.84 Å². The molecule has 1 rings (SSSR count). The maximum absolute atomic E-state index is 11.6. The predicted octanol–water partition coefficient (Wildman–Crippen LogP) is 1.57. The Morgan fingerprint density at radius 1 is 1.28 bits per heavy atom. The summed E-state index contributed by atoms with van der Waals surface area (Å²) in [7, 11) is 0. The summed E-state index contributed by atoms with van der Waals surface area (Å²) in [5.41, 5.74) is 1.57. The van der Waals surface area contributed by atoms with Crippen LogP contribution in [-0.4, -0.2) is 29.8 Å². The van der Waals surface area contributed by atoms with Crippen molar-refractivity contribution in [2.45, 2.75) is 33.2 Å². The van der Waals surface area contributed by atoms with Crippen LogP contribution < -0.4 is 10.1 Å². The normalized spacial score (nSPS) is 11.2. The molecule has 4 nitrogen and oxygen atoms in total. The fourth-order valence-corrected chi connectivity index (χ4v) is 1.62. The van der Waals surface area contributed by atoms with Gasteiger partial charge in [-0.05, 0) is 51.0 Å². The Labute approximate surface area is 108 Å². The number of carbonyl (C=O) groups is 1. The average molecular weight is 251 g/mol. The number of nitrogens with one attached hydrogen (secondary N) is 1. The molecule has 1 amide bonds. The molecule has 1 aromatic carbocycles. The molecule has 0 aliphatic rings. The molecule has 0 unspecified atom stereocenters. The monoisotopic (exact) mass is 251 g/mol. The summed E-state index contributed by atoms with van der Waals surface area (Å²) < 4.78 is 5.43. The van der Waals surface area contributed by atoms with Crippen molar-refractivity contribution >= 4 is 5.91 Å². The molecule has 0 radical (unpaired) electrons. The van der Waals surface area contributed by atoms with Crippen LogP contribution in [0, 0.1) is 13.8 Å². The number of amides is 1. The summed E-state index contributed by atoms with van der Waals surface area (Å²) in [5.74, 6) is 0.442. The number of hydrogen-bond acceptors (Lipinski definition) is 3. The highest BCUT2D eigenvalue weighted by atomic mass is 16.5. The van der Waals surface area contributed by atoms with E-state index in [1.165, 1.54) is 0 Å². The molecule has 1 aromatic rings. The lowest BCUT2D eigenvalue weighted by atomic mass is 10.1. The van der Waals surface area contributed by atoms with Gasteiger partial charge in [0, 0.05) is 0 Å². The first-order valence-electron chi connectivity index (χ1n) is 5.95. The lowest BCUT2D eigenvalue weighted by Gasteiger charge is -2.23. The Morgan fingerprint density at radius 2 is 1.83 bits per heavy atom. The van der Waals surface area contributed by atoms with Gasteiger partial charge < -0.3 is 15.2 Å². The second-order valence-corrected chi connectivity index (χ2v) is 5.20. The topological polar surface area (TPSA) is 58.6 Å². The number of aliphatic hydroxyl groups is 1. The van der Waals surface area contributed by atoms with E-state index in [1.807, 2.05) is 32.0 Å². The lowest BCUT2D eigenvalue weighted by molar-refractivity contribution is -0.125. The number of ether oxygens (including phenoxy) is 1. The van der Waals surface area contributed by atoms with Gasteiger partial charge in [0.1, 0.15) is 5.75 Å². The first kappa shape index (κ1) is 14.5. The zero-order valence-corrected chi connectivity index (χ0v) is 11.4. The van der Waals surface area contributed by atoms with Crippen molar-refractivity contribution in [2.75, 3.05) is 13.2 Å². The zero-order valence-electron chi connectivity index (χ0n) is 11.4. The highest BCUT2D eigenvalue weighted by molar-refractivity contribution is 5.78. The van der Waals surface area contributed by atoms with E-state index < -0.39 is 5.54 Å². The molecule has 2 N–H and O–H groups in total. The number of carbonyl (C=O) groups excluding carboxylic acids is 1. The van der Waals surface area contributed by atoms with Crippen molar-refractivity contribution in [3.8, 4) is 5.75 Å². The molecule has 0 spiro atoms. The summed E-state index contributed by atoms with van der Waals surface area (Å²) in [6.07, 6.45) is 0. The molecule has 0 atom stereocenters. The standard InChI is InChI=1S/C14H21NO3/c1-10-5-11(2)7-12(6-10)18-8-13(17)15-14(3,4)9-16/h5-7,16H,8-9H2,1-4H3,(H,15,17). The van der Waals surface area contributed by atoms with E-state index >= 15 is 0 Å². The minimum absolute atomic E-state index is 0.0493. The van der Waals surface area contributed by atoms with Crippen LogP contribution in [0.25, 0.3) is 0 Å². The smallest absolute Gasteiger partial charge is 0.258 e. The minimum Gasteiger partial charge on any atom is -0.484 e. The molecule has 0 saturated carbocycles. The third kappa shape index (κ3) is 4.75. The third-order valence-corrected chi connectivity index (χ3v) is 2.44. The Balaban J connectivity index is 2.52. The Bertz CT molecular complexity index is 407. The molecule has 4 heteroatoms. The molecular weight excluding hydrogens is 230 g/mol. The van der Waals surface area contributed by atoms with Crippen LogP contribution in [0.4, 0.5) is 0 Å². The highest BCUT2D eigenvalue weighted by Gasteiger charge is 2.19. The van der Waals surface area contributed by atoms with Gasteiger partial charge in [0.25, 0.3) is 5.91 Å². The minimum atomic E-state index is -0.622. The Kier molecular flexibility index (Phi) is 4.73. The second-order valence-electron chi connectivity index (χ2n) is 5.20. The highest BCUT2D eigenvalue weighted by Crippen LogP contribution is 2.16. The molecule has 0 bridgehead atoms. The summed E-state index contributed by atoms with van der Waals surface area (Å²) in [6.45, 7) is 7.31. The van der Waals surface area contributed by atoms with Gasteiger partial charge in [0.2, 0.25) is 0 Å². The van der Waals surface area contributed by atoms with Gasteiger partial charge in [-0.25, -0.2) is 0 Å². The van der Waals surface area contributed by atoms with E-state index in [-0.39, 0.29) is 19.1 Å². The van der Waals surface area contributed by atoms with Crippen LogP contribution in [0.3, 0.4) is 0 Å². The fraction of sp³-hybridized carbons (Fsp3) is 0.500. The van der Waals surface area contributed by atoms with Gasteiger partial charge in [-0.3, -0.25) is 4.79 Å². The molecule has 0 heterocycles. The largest absolute Gasteiger partial charge is 0.484 e. The van der Waals surface area contributed by atoms with E-state index in [0.717, 1.165) is 11.1 Å². The first-order chi connectivity index (χ1) is 8.32. The van der Waals surface area contributed by atoms with Crippen molar-refractivity contribution in [1.82, 2.24) is 5.32 Å². The quantitative estimate of drug-likeness (QED) is 0.835. The van der Waals surface area contributed by atoms with Gasteiger partial charge in [-0.1, -0.05) is 6.07 Å². The summed E-state index contributed by atoms with van der Waals surface area (Å²) in [4.78, 5) is 11.6. The fourth-order valence-electron chi connectivity index (χ4n) is 1.62. The maximum Gasteiger partial charge on any atom is 0.258 e. The molecule has 0 aromatic heterocycles. The van der Waals surface area contributed by atoms with Gasteiger partial charge in [0.15, 0.2) is 6.61 Å². The van der Waals surface area contributed by atoms with E-state index in [1.54, 1.807) is 13.8 Å². The molecule has 0 aliphatic carbocycles. The van der Waals surface area contributed by atoms with Gasteiger partial charge in [-0.15, -0.1) is 0 Å². The lowest BCUT2D eigenvalue weighted by Crippen LogP contribution is -2.48. The number of aryl methyl sites for hydroxylation is 2. The average Bonchev–Trinajstić information content (AvgIpc) is 2.24. The molecule has 18 heavy (non-hydrogen) atoms. The Morgan fingerprint density at radius 3 is 2.33 bits per heavy atom. The van der Waals surface area contributed by atoms with Gasteiger partial charge in [-0.2, -0.15) is 0 Å². The van der Waals surface area contributed by atoms with Crippen LogP contribution in [0.15, 0.2) is 18.2 Å². The third-order valence-electron chi connectivity index (χ3n) is 2.44. The summed E-state index contributed by atoms with van der Waals surface area (Å²) in [6, 6.07) is 5.82. The van der Waals surface area contributed by atoms with Crippen LogP contribution in [0.1, 0.15) is 25.0 Å². The first-order valence-corrected chi connectivity index (χ1v) is 5.95. The van der Waals surface area contributed by atoms with Crippen LogP contribution in [0.2, 0.25) is 0 Å². The number of hydrogen-bond donors (Lipinski definition) is 2. The van der Waals surface area contributed by atoms with Crippen molar-refractivity contribution in [1.29, 1.82) is 0 Å². The number of benzene rings is 1. The van der Waals surface area contributed by atoms with Crippen molar-refractivity contribution < 1.29 is 14.6 Å². The molecule has 100 valence electrons. The molecule has 0 aliphatic heterocycles. The van der Waals surface area contributed by atoms with E-state index in [9.17, 15) is 4.79 Å². The van der Waals surface area contributed by atoms with Crippen LogP contribution in [0.5, 0.6) is 5.75 Å².